The molecule has 0 atom stereocenters. The maximum absolute atomic E-state index is 5.17. The molecule has 0 amide bonds. The third-order valence-electron chi connectivity index (χ3n) is 3.03. The molecule has 1 aromatic heterocycles. The Hall–Kier alpha value is -2.29. The standard InChI is InChI=1S/C15H14N2O/c1-10-16-14-5-3-4-13(15(14)17-10)11-6-8-12(18-2)9-7-11/h3-9H,1-2H3,(H,16,17). The van der Waals surface area contributed by atoms with Crippen molar-refractivity contribution in [1.29, 1.82) is 0 Å². The highest BCUT2D eigenvalue weighted by Crippen LogP contribution is 2.28. The molecule has 0 fully saturated rings. The molecule has 90 valence electrons. The molecule has 0 radical (unpaired) electrons. The molecule has 3 rings (SSSR count). The lowest BCUT2D eigenvalue weighted by atomic mass is 10.0. The third-order valence-corrected chi connectivity index (χ3v) is 3.03. The first-order valence-electron chi connectivity index (χ1n) is 5.87. The third kappa shape index (κ3) is 1.74. The van der Waals surface area contributed by atoms with Gasteiger partial charge in [0.2, 0.25) is 0 Å². The first-order chi connectivity index (χ1) is 8.78. The number of fused-ring (bicyclic) bond motifs is 1. The van der Waals surface area contributed by atoms with E-state index in [-0.39, 0.29) is 0 Å². The van der Waals surface area contributed by atoms with Crippen LogP contribution >= 0.6 is 0 Å². The summed E-state index contributed by atoms with van der Waals surface area (Å²) < 4.78 is 5.17. The van der Waals surface area contributed by atoms with E-state index in [0.717, 1.165) is 33.7 Å². The van der Waals surface area contributed by atoms with Crippen molar-refractivity contribution in [3.8, 4) is 16.9 Å². The molecule has 0 aliphatic rings. The van der Waals surface area contributed by atoms with Crippen molar-refractivity contribution in [3.05, 3.63) is 48.3 Å². The van der Waals surface area contributed by atoms with Crippen molar-refractivity contribution in [2.75, 3.05) is 7.11 Å². The Morgan fingerprint density at radius 2 is 1.83 bits per heavy atom. The van der Waals surface area contributed by atoms with Crippen molar-refractivity contribution in [1.82, 2.24) is 9.97 Å². The molecule has 2 aromatic carbocycles. The first kappa shape index (κ1) is 10.8. The van der Waals surface area contributed by atoms with Crippen LogP contribution in [0.5, 0.6) is 5.75 Å². The number of aryl methyl sites for hydroxylation is 1. The molecule has 3 nitrogen and oxygen atoms in total. The smallest absolute Gasteiger partial charge is 0.118 e. The summed E-state index contributed by atoms with van der Waals surface area (Å²) >= 11 is 0. The molecular formula is C15H14N2O. The summed E-state index contributed by atoms with van der Waals surface area (Å²) in [6.45, 7) is 1.97. The van der Waals surface area contributed by atoms with Crippen LogP contribution in [0.3, 0.4) is 0 Å². The lowest BCUT2D eigenvalue weighted by molar-refractivity contribution is 0.415. The molecule has 0 unspecified atom stereocenters. The summed E-state index contributed by atoms with van der Waals surface area (Å²) in [7, 11) is 1.67. The van der Waals surface area contributed by atoms with E-state index in [4.69, 9.17) is 4.74 Å². The number of nitrogens with zero attached hydrogens (tertiary/aromatic N) is 1. The van der Waals surface area contributed by atoms with E-state index in [1.54, 1.807) is 7.11 Å². The molecule has 0 spiro atoms. The minimum Gasteiger partial charge on any atom is -0.497 e. The van der Waals surface area contributed by atoms with Gasteiger partial charge in [0, 0.05) is 5.56 Å². The fraction of sp³-hybridized carbons (Fsp3) is 0.133. The molecular weight excluding hydrogens is 224 g/mol. The van der Waals surface area contributed by atoms with Gasteiger partial charge in [0.1, 0.15) is 11.6 Å². The van der Waals surface area contributed by atoms with E-state index in [9.17, 15) is 0 Å². The quantitative estimate of drug-likeness (QED) is 0.741. The topological polar surface area (TPSA) is 37.9 Å². The highest BCUT2D eigenvalue weighted by Gasteiger charge is 2.07. The summed E-state index contributed by atoms with van der Waals surface area (Å²) in [6, 6.07) is 14.2. The van der Waals surface area contributed by atoms with Gasteiger partial charge in [0.15, 0.2) is 0 Å². The number of nitrogens with one attached hydrogen (secondary N) is 1. The number of rotatable bonds is 2. The number of aromatic nitrogens is 2. The van der Waals surface area contributed by atoms with Crippen LogP contribution in [0, 0.1) is 6.92 Å². The van der Waals surface area contributed by atoms with Crippen LogP contribution in [0.15, 0.2) is 42.5 Å². The number of hydrogen-bond donors (Lipinski definition) is 1. The lowest BCUT2D eigenvalue weighted by Gasteiger charge is -2.04. The monoisotopic (exact) mass is 238 g/mol. The predicted octanol–water partition coefficient (Wildman–Crippen LogP) is 3.55. The molecule has 0 saturated heterocycles. The van der Waals surface area contributed by atoms with Gasteiger partial charge in [-0.25, -0.2) is 4.98 Å². The van der Waals surface area contributed by atoms with Crippen LogP contribution in [0.1, 0.15) is 5.82 Å². The molecule has 1 N–H and O–H groups in total. The number of para-hydroxylation sites is 1. The molecule has 3 aromatic rings. The Balaban J connectivity index is 2.17. The zero-order chi connectivity index (χ0) is 12.5. The Labute approximate surface area is 105 Å². The largest absolute Gasteiger partial charge is 0.497 e. The van der Waals surface area contributed by atoms with E-state index >= 15 is 0 Å². The normalized spacial score (nSPS) is 10.8. The number of H-pyrrole nitrogens is 1. The molecule has 0 saturated carbocycles. The van der Waals surface area contributed by atoms with E-state index in [0.29, 0.717) is 0 Å². The Bertz CT molecular complexity index is 683. The molecule has 0 bridgehead atoms. The zero-order valence-electron chi connectivity index (χ0n) is 10.4. The highest BCUT2D eigenvalue weighted by atomic mass is 16.5. The van der Waals surface area contributed by atoms with Crippen molar-refractivity contribution >= 4 is 11.0 Å². The summed E-state index contributed by atoms with van der Waals surface area (Å²) in [5.41, 5.74) is 4.37. The van der Waals surface area contributed by atoms with Gasteiger partial charge in [-0.05, 0) is 30.7 Å². The van der Waals surface area contributed by atoms with E-state index < -0.39 is 0 Å². The van der Waals surface area contributed by atoms with E-state index in [1.165, 1.54) is 0 Å². The second kappa shape index (κ2) is 4.18. The molecule has 3 heteroatoms. The van der Waals surface area contributed by atoms with Crippen LogP contribution in [-0.2, 0) is 0 Å². The van der Waals surface area contributed by atoms with E-state index in [2.05, 4.69) is 28.2 Å². The van der Waals surface area contributed by atoms with Gasteiger partial charge in [0.25, 0.3) is 0 Å². The van der Waals surface area contributed by atoms with Crippen LogP contribution < -0.4 is 4.74 Å². The average Bonchev–Trinajstić information content (AvgIpc) is 2.79. The Kier molecular flexibility index (Phi) is 2.52. The first-order valence-corrected chi connectivity index (χ1v) is 5.87. The number of benzene rings is 2. The number of aromatic amines is 1. The second-order valence-electron chi connectivity index (χ2n) is 4.25. The zero-order valence-corrected chi connectivity index (χ0v) is 10.4. The van der Waals surface area contributed by atoms with Gasteiger partial charge in [-0.3, -0.25) is 0 Å². The SMILES string of the molecule is COc1ccc(-c2cccc3[nH]c(C)nc23)cc1. The van der Waals surface area contributed by atoms with Crippen LogP contribution in [-0.4, -0.2) is 17.1 Å². The van der Waals surface area contributed by atoms with Gasteiger partial charge >= 0.3 is 0 Å². The number of hydrogen-bond acceptors (Lipinski definition) is 2. The highest BCUT2D eigenvalue weighted by molar-refractivity contribution is 5.92. The van der Waals surface area contributed by atoms with Crippen LogP contribution in [0.4, 0.5) is 0 Å². The summed E-state index contributed by atoms with van der Waals surface area (Å²) in [6.07, 6.45) is 0. The van der Waals surface area contributed by atoms with Crippen molar-refractivity contribution in [2.24, 2.45) is 0 Å². The fourth-order valence-electron chi connectivity index (χ4n) is 2.16. The Morgan fingerprint density at radius 3 is 2.56 bits per heavy atom. The van der Waals surface area contributed by atoms with Crippen molar-refractivity contribution < 1.29 is 4.74 Å². The Morgan fingerprint density at radius 1 is 1.06 bits per heavy atom. The summed E-state index contributed by atoms with van der Waals surface area (Å²) in [5.74, 6) is 1.80. The average molecular weight is 238 g/mol. The molecule has 18 heavy (non-hydrogen) atoms. The fourth-order valence-corrected chi connectivity index (χ4v) is 2.16. The summed E-state index contributed by atoms with van der Waals surface area (Å²) in [5, 5.41) is 0. The van der Waals surface area contributed by atoms with E-state index in [1.807, 2.05) is 31.2 Å². The van der Waals surface area contributed by atoms with Crippen molar-refractivity contribution in [3.63, 3.8) is 0 Å². The molecule has 1 heterocycles. The number of ether oxygens (including phenoxy) is 1. The van der Waals surface area contributed by atoms with Crippen molar-refractivity contribution in [2.45, 2.75) is 6.92 Å². The minimum atomic E-state index is 0.865. The molecule has 0 aliphatic carbocycles. The predicted molar refractivity (Wildman–Crippen MR) is 72.8 cm³/mol. The van der Waals surface area contributed by atoms with Crippen LogP contribution in [0.2, 0.25) is 0 Å². The van der Waals surface area contributed by atoms with Gasteiger partial charge in [0.05, 0.1) is 18.1 Å². The van der Waals surface area contributed by atoms with Gasteiger partial charge in [-0.15, -0.1) is 0 Å². The van der Waals surface area contributed by atoms with Crippen LogP contribution in [0.25, 0.3) is 22.2 Å². The van der Waals surface area contributed by atoms with Gasteiger partial charge in [-0.2, -0.15) is 0 Å². The maximum atomic E-state index is 5.17. The lowest BCUT2D eigenvalue weighted by Crippen LogP contribution is -1.84. The number of methoxy groups -OCH3 is 1. The van der Waals surface area contributed by atoms with Gasteiger partial charge < -0.3 is 9.72 Å². The van der Waals surface area contributed by atoms with Gasteiger partial charge in [-0.1, -0.05) is 24.3 Å². The molecule has 0 aliphatic heterocycles. The minimum absolute atomic E-state index is 0.865. The number of imidazole rings is 1. The summed E-state index contributed by atoms with van der Waals surface area (Å²) in [4.78, 5) is 7.80. The second-order valence-corrected chi connectivity index (χ2v) is 4.25. The maximum Gasteiger partial charge on any atom is 0.118 e.